The van der Waals surface area contributed by atoms with Gasteiger partial charge in [-0.2, -0.15) is 4.31 Å². The molecule has 0 aliphatic carbocycles. The van der Waals surface area contributed by atoms with E-state index >= 15 is 0 Å². The van der Waals surface area contributed by atoms with Crippen LogP contribution in [-0.2, 0) is 14.8 Å². The first kappa shape index (κ1) is 21.1. The van der Waals surface area contributed by atoms with Gasteiger partial charge in [0.2, 0.25) is 10.0 Å². The molecule has 1 amide bonds. The molecule has 3 rings (SSSR count). The van der Waals surface area contributed by atoms with Crippen molar-refractivity contribution in [2.45, 2.75) is 31.1 Å². The molecule has 0 radical (unpaired) electrons. The van der Waals surface area contributed by atoms with Gasteiger partial charge in [-0.3, -0.25) is 4.79 Å². The first-order valence-electron chi connectivity index (χ1n) is 9.58. The monoisotopic (exact) mass is 418 g/mol. The van der Waals surface area contributed by atoms with Gasteiger partial charge in [-0.1, -0.05) is 24.6 Å². The minimum atomic E-state index is -3.57. The number of rotatable bonds is 7. The fourth-order valence-electron chi connectivity index (χ4n) is 3.22. The molecule has 1 aliphatic rings. The van der Waals surface area contributed by atoms with E-state index < -0.39 is 10.0 Å². The summed E-state index contributed by atoms with van der Waals surface area (Å²) in [5.74, 6) is 0.612. The highest BCUT2D eigenvalue weighted by Gasteiger charge is 2.26. The fraction of sp³-hybridized carbons (Fsp3) is 0.381. The molecule has 0 bridgehead atoms. The second-order valence-electron chi connectivity index (χ2n) is 6.93. The Morgan fingerprint density at radius 1 is 1.07 bits per heavy atom. The highest BCUT2D eigenvalue weighted by atomic mass is 32.2. The van der Waals surface area contributed by atoms with E-state index in [0.29, 0.717) is 30.3 Å². The molecule has 1 saturated heterocycles. The van der Waals surface area contributed by atoms with E-state index in [1.165, 1.54) is 17.5 Å². The zero-order valence-corrected chi connectivity index (χ0v) is 17.5. The van der Waals surface area contributed by atoms with Crippen LogP contribution in [0.5, 0.6) is 11.5 Å². The number of hydrogen-bond donors (Lipinski definition) is 1. The van der Waals surface area contributed by atoms with E-state index in [0.717, 1.165) is 24.8 Å². The number of sulfonamides is 1. The van der Waals surface area contributed by atoms with Crippen molar-refractivity contribution in [2.75, 3.05) is 32.1 Å². The minimum Gasteiger partial charge on any atom is -0.493 e. The average Bonchev–Trinajstić information content (AvgIpc) is 2.74. The summed E-state index contributed by atoms with van der Waals surface area (Å²) in [6.07, 6.45) is 2.79. The van der Waals surface area contributed by atoms with Crippen molar-refractivity contribution in [3.05, 3.63) is 48.0 Å². The molecule has 0 atom stereocenters. The normalized spacial score (nSPS) is 15.0. The molecule has 1 heterocycles. The summed E-state index contributed by atoms with van der Waals surface area (Å²) in [7, 11) is -2.04. The van der Waals surface area contributed by atoms with Gasteiger partial charge in [0, 0.05) is 18.8 Å². The van der Waals surface area contributed by atoms with E-state index in [1.54, 1.807) is 30.3 Å². The van der Waals surface area contributed by atoms with Gasteiger partial charge >= 0.3 is 0 Å². The van der Waals surface area contributed by atoms with Crippen molar-refractivity contribution in [2.24, 2.45) is 0 Å². The lowest BCUT2D eigenvalue weighted by atomic mass is 10.2. The number of piperidine rings is 1. The maximum atomic E-state index is 12.9. The minimum absolute atomic E-state index is 0.186. The number of ether oxygens (including phenoxy) is 2. The number of methoxy groups -OCH3 is 1. The molecule has 0 unspecified atom stereocenters. The number of amides is 1. The van der Waals surface area contributed by atoms with Gasteiger partial charge in [-0.15, -0.1) is 0 Å². The van der Waals surface area contributed by atoms with Gasteiger partial charge < -0.3 is 14.8 Å². The first-order valence-corrected chi connectivity index (χ1v) is 11.0. The predicted molar refractivity (Wildman–Crippen MR) is 111 cm³/mol. The molecule has 1 fully saturated rings. The van der Waals surface area contributed by atoms with Crippen LogP contribution in [-0.4, -0.2) is 45.4 Å². The second-order valence-corrected chi connectivity index (χ2v) is 8.87. The van der Waals surface area contributed by atoms with Crippen molar-refractivity contribution < 1.29 is 22.7 Å². The molecule has 1 N–H and O–H groups in total. The fourth-order valence-corrected chi connectivity index (χ4v) is 4.76. The molecule has 2 aromatic rings. The van der Waals surface area contributed by atoms with E-state index in [9.17, 15) is 13.2 Å². The summed E-state index contributed by atoms with van der Waals surface area (Å²) in [6.45, 7) is 2.66. The van der Waals surface area contributed by atoms with Crippen molar-refractivity contribution in [1.29, 1.82) is 0 Å². The van der Waals surface area contributed by atoms with Crippen LogP contribution in [0, 0.1) is 6.92 Å². The first-order chi connectivity index (χ1) is 13.9. The van der Waals surface area contributed by atoms with Crippen LogP contribution < -0.4 is 14.8 Å². The van der Waals surface area contributed by atoms with E-state index in [-0.39, 0.29) is 17.4 Å². The van der Waals surface area contributed by atoms with Crippen LogP contribution in [0.15, 0.2) is 47.4 Å². The quantitative estimate of drug-likeness (QED) is 0.746. The van der Waals surface area contributed by atoms with E-state index in [4.69, 9.17) is 9.47 Å². The number of para-hydroxylation sites is 2. The number of benzene rings is 2. The Bertz CT molecular complexity index is 969. The Balaban J connectivity index is 1.70. The van der Waals surface area contributed by atoms with Crippen LogP contribution in [0.4, 0.5) is 5.69 Å². The topological polar surface area (TPSA) is 84.9 Å². The van der Waals surface area contributed by atoms with Crippen molar-refractivity contribution >= 4 is 21.6 Å². The van der Waals surface area contributed by atoms with E-state index in [1.807, 2.05) is 13.0 Å². The zero-order chi connectivity index (χ0) is 20.9. The predicted octanol–water partition coefficient (Wildman–Crippen LogP) is 3.20. The lowest BCUT2D eigenvalue weighted by Gasteiger charge is -2.26. The SMILES string of the molecule is COc1ccccc1OCC(=O)Nc1cc(S(=O)(=O)N2CCCCC2)ccc1C. The van der Waals surface area contributed by atoms with Crippen LogP contribution in [0.25, 0.3) is 0 Å². The van der Waals surface area contributed by atoms with Gasteiger partial charge in [-0.25, -0.2) is 8.42 Å². The van der Waals surface area contributed by atoms with Gasteiger partial charge in [0.25, 0.3) is 5.91 Å². The number of hydrogen-bond acceptors (Lipinski definition) is 5. The number of nitrogens with one attached hydrogen (secondary N) is 1. The number of nitrogens with zero attached hydrogens (tertiary/aromatic N) is 1. The average molecular weight is 419 g/mol. The highest BCUT2D eigenvalue weighted by Crippen LogP contribution is 2.27. The van der Waals surface area contributed by atoms with Crippen LogP contribution in [0.1, 0.15) is 24.8 Å². The molecular weight excluding hydrogens is 392 g/mol. The molecule has 0 saturated carbocycles. The third-order valence-electron chi connectivity index (χ3n) is 4.86. The maximum Gasteiger partial charge on any atom is 0.262 e. The lowest BCUT2D eigenvalue weighted by Crippen LogP contribution is -2.35. The Morgan fingerprint density at radius 2 is 1.76 bits per heavy atom. The summed E-state index contributed by atoms with van der Waals surface area (Å²) >= 11 is 0. The molecule has 0 spiro atoms. The third-order valence-corrected chi connectivity index (χ3v) is 6.76. The molecule has 0 aromatic heterocycles. The van der Waals surface area contributed by atoms with Gasteiger partial charge in [0.15, 0.2) is 18.1 Å². The summed E-state index contributed by atoms with van der Waals surface area (Å²) < 4.78 is 38.0. The largest absolute Gasteiger partial charge is 0.493 e. The summed E-state index contributed by atoms with van der Waals surface area (Å²) in [6, 6.07) is 11.8. The van der Waals surface area contributed by atoms with Gasteiger partial charge in [-0.05, 0) is 49.6 Å². The summed E-state index contributed by atoms with van der Waals surface area (Å²) in [5, 5.41) is 2.75. The van der Waals surface area contributed by atoms with Crippen LogP contribution >= 0.6 is 0 Å². The number of carbonyl (C=O) groups is 1. The molecule has 1 aliphatic heterocycles. The number of carbonyl (C=O) groups excluding carboxylic acids is 1. The third kappa shape index (κ3) is 5.07. The molecule has 2 aromatic carbocycles. The Hall–Kier alpha value is -2.58. The smallest absolute Gasteiger partial charge is 0.262 e. The van der Waals surface area contributed by atoms with E-state index in [2.05, 4.69) is 5.32 Å². The maximum absolute atomic E-state index is 12.9. The van der Waals surface area contributed by atoms with Crippen molar-refractivity contribution in [3.8, 4) is 11.5 Å². The molecule has 7 nitrogen and oxygen atoms in total. The standard InChI is InChI=1S/C21H26N2O5S/c1-16-10-11-17(29(25,26)23-12-6-3-7-13-23)14-18(16)22-21(24)15-28-20-9-5-4-8-19(20)27-2/h4-5,8-11,14H,3,6-7,12-13,15H2,1-2H3,(H,22,24). The Morgan fingerprint density at radius 3 is 2.45 bits per heavy atom. The molecule has 29 heavy (non-hydrogen) atoms. The van der Waals surface area contributed by atoms with Crippen LogP contribution in [0.3, 0.4) is 0 Å². The second kappa shape index (κ2) is 9.28. The molecular formula is C21H26N2O5S. The van der Waals surface area contributed by atoms with Crippen molar-refractivity contribution in [3.63, 3.8) is 0 Å². The Kier molecular flexibility index (Phi) is 6.76. The molecule has 8 heteroatoms. The Labute approximate surface area is 171 Å². The van der Waals surface area contributed by atoms with Crippen molar-refractivity contribution in [1.82, 2.24) is 4.31 Å². The lowest BCUT2D eigenvalue weighted by molar-refractivity contribution is -0.118. The number of aryl methyl sites for hydroxylation is 1. The molecule has 156 valence electrons. The van der Waals surface area contributed by atoms with Crippen LogP contribution in [0.2, 0.25) is 0 Å². The van der Waals surface area contributed by atoms with Gasteiger partial charge in [0.05, 0.1) is 12.0 Å². The zero-order valence-electron chi connectivity index (χ0n) is 16.7. The summed E-state index contributed by atoms with van der Waals surface area (Å²) in [5.41, 5.74) is 1.23. The summed E-state index contributed by atoms with van der Waals surface area (Å²) in [4.78, 5) is 12.5. The highest BCUT2D eigenvalue weighted by molar-refractivity contribution is 7.89. The van der Waals surface area contributed by atoms with Gasteiger partial charge in [0.1, 0.15) is 0 Å². The number of anilines is 1.